The molecule has 178 valence electrons. The van der Waals surface area contributed by atoms with Crippen LogP contribution in [0.3, 0.4) is 0 Å². The number of benzene rings is 3. The van der Waals surface area contributed by atoms with Crippen molar-refractivity contribution in [3.63, 3.8) is 0 Å². The van der Waals surface area contributed by atoms with Crippen molar-refractivity contribution >= 4 is 29.1 Å². The topological polar surface area (TPSA) is 102 Å². The van der Waals surface area contributed by atoms with Gasteiger partial charge in [-0.1, -0.05) is 24.3 Å². The van der Waals surface area contributed by atoms with E-state index in [0.29, 0.717) is 28.3 Å². The Bertz CT molecular complexity index is 1330. The first-order valence-electron chi connectivity index (χ1n) is 10.7. The van der Waals surface area contributed by atoms with Crippen molar-refractivity contribution in [3.05, 3.63) is 95.1 Å². The number of Topliss-reactive ketones (excluding diaryl/α,β-unsaturated/α-hetero) is 1. The minimum Gasteiger partial charge on any atom is -0.507 e. The Balaban J connectivity index is 1.93. The number of ketones is 1. The predicted octanol–water partition coefficient (Wildman–Crippen LogP) is 4.12. The highest BCUT2D eigenvalue weighted by Crippen LogP contribution is 2.43. The van der Waals surface area contributed by atoms with E-state index in [-0.39, 0.29) is 16.9 Å². The van der Waals surface area contributed by atoms with E-state index in [9.17, 15) is 19.5 Å². The van der Waals surface area contributed by atoms with Gasteiger partial charge in [0.1, 0.15) is 17.3 Å². The third-order valence-electron chi connectivity index (χ3n) is 5.78. The highest BCUT2D eigenvalue weighted by atomic mass is 16.5. The summed E-state index contributed by atoms with van der Waals surface area (Å²) < 4.78 is 15.4. The second-order valence-electron chi connectivity index (χ2n) is 7.68. The summed E-state index contributed by atoms with van der Waals surface area (Å²) in [5, 5.41) is 11.3. The third-order valence-corrected chi connectivity index (χ3v) is 5.78. The van der Waals surface area contributed by atoms with Crippen molar-refractivity contribution in [1.29, 1.82) is 0 Å². The molecular weight excluding hydrogens is 450 g/mol. The summed E-state index contributed by atoms with van der Waals surface area (Å²) >= 11 is 0. The Morgan fingerprint density at radius 2 is 1.60 bits per heavy atom. The smallest absolute Gasteiger partial charge is 0.337 e. The fraction of sp³-hybridized carbons (Fsp3) is 0.148. The Morgan fingerprint density at radius 1 is 0.886 bits per heavy atom. The van der Waals surface area contributed by atoms with Gasteiger partial charge in [-0.05, 0) is 54.1 Å². The van der Waals surface area contributed by atoms with Gasteiger partial charge >= 0.3 is 5.97 Å². The summed E-state index contributed by atoms with van der Waals surface area (Å²) in [5.41, 5.74) is 1.40. The van der Waals surface area contributed by atoms with E-state index in [1.807, 2.05) is 0 Å². The molecule has 1 amide bonds. The molecule has 0 spiro atoms. The molecule has 1 N–H and O–H groups in total. The van der Waals surface area contributed by atoms with Crippen molar-refractivity contribution in [1.82, 2.24) is 0 Å². The molecule has 1 aliphatic heterocycles. The molecule has 1 heterocycles. The molecule has 1 atom stereocenters. The number of anilines is 1. The van der Waals surface area contributed by atoms with Gasteiger partial charge < -0.3 is 19.3 Å². The summed E-state index contributed by atoms with van der Waals surface area (Å²) in [7, 11) is 4.24. The number of methoxy groups -OCH3 is 3. The van der Waals surface area contributed by atoms with Crippen LogP contribution < -0.4 is 14.4 Å². The van der Waals surface area contributed by atoms with Crippen LogP contribution >= 0.6 is 0 Å². The molecule has 3 aromatic carbocycles. The lowest BCUT2D eigenvalue weighted by atomic mass is 9.94. The van der Waals surface area contributed by atoms with E-state index in [2.05, 4.69) is 0 Å². The van der Waals surface area contributed by atoms with E-state index in [4.69, 9.17) is 14.2 Å². The maximum absolute atomic E-state index is 13.3. The number of aliphatic hydroxyl groups is 1. The van der Waals surface area contributed by atoms with Crippen LogP contribution in [0.5, 0.6) is 11.5 Å². The number of hydrogen-bond donors (Lipinski definition) is 1. The van der Waals surface area contributed by atoms with Crippen molar-refractivity contribution in [2.45, 2.75) is 6.04 Å². The summed E-state index contributed by atoms with van der Waals surface area (Å²) in [5.74, 6) is -1.69. The molecule has 0 saturated carbocycles. The molecular formula is C27H23NO7. The maximum atomic E-state index is 13.3. The Labute approximate surface area is 202 Å². The molecule has 4 rings (SSSR count). The Kier molecular flexibility index (Phi) is 6.55. The highest BCUT2D eigenvalue weighted by molar-refractivity contribution is 6.51. The van der Waals surface area contributed by atoms with E-state index < -0.39 is 23.7 Å². The Hall–Kier alpha value is -4.59. The molecule has 8 nitrogen and oxygen atoms in total. The molecule has 0 bridgehead atoms. The molecule has 3 aromatic rings. The summed E-state index contributed by atoms with van der Waals surface area (Å²) in [4.78, 5) is 39.7. The van der Waals surface area contributed by atoms with Crippen LogP contribution in [0.4, 0.5) is 5.69 Å². The second kappa shape index (κ2) is 9.72. The van der Waals surface area contributed by atoms with Crippen molar-refractivity contribution in [3.8, 4) is 11.5 Å². The van der Waals surface area contributed by atoms with Crippen molar-refractivity contribution < 1.29 is 33.7 Å². The SMILES string of the molecule is COC(=O)c1ccc(N2C(=O)C(=O)/C(=C(/O)c3ccccc3OC)C2c2cccc(OC)c2)cc1. The number of esters is 1. The number of ether oxygens (including phenoxy) is 3. The lowest BCUT2D eigenvalue weighted by Crippen LogP contribution is -2.29. The zero-order valence-corrected chi connectivity index (χ0v) is 19.3. The first-order chi connectivity index (χ1) is 16.9. The maximum Gasteiger partial charge on any atom is 0.337 e. The van der Waals surface area contributed by atoms with Gasteiger partial charge in [0.15, 0.2) is 0 Å². The number of amides is 1. The molecule has 35 heavy (non-hydrogen) atoms. The molecule has 0 aromatic heterocycles. The van der Waals surface area contributed by atoms with E-state index in [1.165, 1.54) is 38.4 Å². The summed E-state index contributed by atoms with van der Waals surface area (Å²) in [6, 6.07) is 18.7. The van der Waals surface area contributed by atoms with E-state index in [0.717, 1.165) is 0 Å². The predicted molar refractivity (Wildman–Crippen MR) is 129 cm³/mol. The number of carbonyl (C=O) groups excluding carboxylic acids is 3. The summed E-state index contributed by atoms with van der Waals surface area (Å²) in [6.45, 7) is 0. The minimum atomic E-state index is -0.959. The molecule has 0 aliphatic carbocycles. The average Bonchev–Trinajstić information content (AvgIpc) is 3.17. The average molecular weight is 473 g/mol. The highest BCUT2D eigenvalue weighted by Gasteiger charge is 2.47. The molecule has 1 unspecified atom stereocenters. The molecule has 0 radical (unpaired) electrons. The second-order valence-corrected chi connectivity index (χ2v) is 7.68. The largest absolute Gasteiger partial charge is 0.507 e. The van der Waals surface area contributed by atoms with Crippen LogP contribution in [0, 0.1) is 0 Å². The fourth-order valence-electron chi connectivity index (χ4n) is 4.09. The van der Waals surface area contributed by atoms with Gasteiger partial charge in [0, 0.05) is 5.69 Å². The normalized spacial score (nSPS) is 16.8. The lowest BCUT2D eigenvalue weighted by molar-refractivity contribution is -0.132. The van der Waals surface area contributed by atoms with Gasteiger partial charge in [-0.25, -0.2) is 4.79 Å². The van der Waals surface area contributed by atoms with Gasteiger partial charge in [0.2, 0.25) is 0 Å². The van der Waals surface area contributed by atoms with Crippen LogP contribution in [0.2, 0.25) is 0 Å². The number of para-hydroxylation sites is 1. The minimum absolute atomic E-state index is 0.0928. The van der Waals surface area contributed by atoms with Crippen LogP contribution in [0.15, 0.2) is 78.4 Å². The fourth-order valence-corrected chi connectivity index (χ4v) is 4.09. The van der Waals surface area contributed by atoms with Crippen LogP contribution in [0.1, 0.15) is 27.5 Å². The zero-order valence-electron chi connectivity index (χ0n) is 19.3. The standard InChI is InChI=1S/C27H23NO7/c1-33-19-8-6-7-17(15-19)23-22(24(29)20-9-4-5-10-21(20)34-2)25(30)26(31)28(23)18-13-11-16(12-14-18)27(32)35-3/h4-15,23,29H,1-3H3/b24-22+. The van der Waals surface area contributed by atoms with E-state index >= 15 is 0 Å². The third kappa shape index (κ3) is 4.21. The van der Waals surface area contributed by atoms with Gasteiger partial charge in [0.05, 0.1) is 44.1 Å². The first-order valence-corrected chi connectivity index (χ1v) is 10.7. The van der Waals surface area contributed by atoms with Gasteiger partial charge in [-0.15, -0.1) is 0 Å². The number of nitrogens with zero attached hydrogens (tertiary/aromatic N) is 1. The number of rotatable bonds is 6. The monoisotopic (exact) mass is 473 g/mol. The number of carbonyl (C=O) groups is 3. The van der Waals surface area contributed by atoms with Gasteiger partial charge in [0.25, 0.3) is 11.7 Å². The van der Waals surface area contributed by atoms with Gasteiger partial charge in [-0.3, -0.25) is 14.5 Å². The number of hydrogen-bond acceptors (Lipinski definition) is 7. The van der Waals surface area contributed by atoms with Crippen LogP contribution in [0.25, 0.3) is 5.76 Å². The van der Waals surface area contributed by atoms with E-state index in [1.54, 1.807) is 60.7 Å². The van der Waals surface area contributed by atoms with Crippen LogP contribution in [-0.2, 0) is 14.3 Å². The molecule has 1 fully saturated rings. The molecule has 1 aliphatic rings. The quantitative estimate of drug-likeness (QED) is 0.249. The number of aliphatic hydroxyl groups excluding tert-OH is 1. The Morgan fingerprint density at radius 3 is 2.26 bits per heavy atom. The molecule has 1 saturated heterocycles. The lowest BCUT2D eigenvalue weighted by Gasteiger charge is -2.26. The first kappa shape index (κ1) is 23.6. The van der Waals surface area contributed by atoms with Crippen molar-refractivity contribution in [2.75, 3.05) is 26.2 Å². The van der Waals surface area contributed by atoms with Crippen LogP contribution in [-0.4, -0.2) is 44.1 Å². The van der Waals surface area contributed by atoms with Crippen molar-refractivity contribution in [2.24, 2.45) is 0 Å². The summed E-state index contributed by atoms with van der Waals surface area (Å²) in [6.07, 6.45) is 0. The zero-order chi connectivity index (χ0) is 25.1. The molecule has 8 heteroatoms. The van der Waals surface area contributed by atoms with Gasteiger partial charge in [-0.2, -0.15) is 0 Å².